The predicted molar refractivity (Wildman–Crippen MR) is 66.5 cm³/mol. The second-order valence-electron chi connectivity index (χ2n) is 4.79. The first-order chi connectivity index (χ1) is 8.63. The summed E-state index contributed by atoms with van der Waals surface area (Å²) in [7, 11) is 0. The lowest BCUT2D eigenvalue weighted by molar-refractivity contribution is 0.0532. The summed E-state index contributed by atoms with van der Waals surface area (Å²) in [5.74, 6) is -0.395. The lowest BCUT2D eigenvalue weighted by atomic mass is 9.90. The number of piperidine rings is 1. The van der Waals surface area contributed by atoms with Crippen LogP contribution in [0.2, 0.25) is 0 Å². The first-order valence-electron chi connectivity index (χ1n) is 6.26. The van der Waals surface area contributed by atoms with Crippen molar-refractivity contribution < 1.29 is 9.18 Å². The van der Waals surface area contributed by atoms with E-state index in [1.807, 2.05) is 0 Å². The molecular weight excluding hydrogens is 233 g/mol. The molecule has 1 aliphatic rings. The minimum Gasteiger partial charge on any atom is -0.334 e. The Bertz CT molecular complexity index is 438. The highest BCUT2D eigenvalue weighted by molar-refractivity contribution is 5.94. The van der Waals surface area contributed by atoms with Gasteiger partial charge in [-0.05, 0) is 24.8 Å². The number of nitrogens with zero attached hydrogens (tertiary/aromatic N) is 2. The van der Waals surface area contributed by atoms with Gasteiger partial charge in [-0.1, -0.05) is 6.92 Å². The Labute approximate surface area is 106 Å². The zero-order valence-corrected chi connectivity index (χ0v) is 10.5. The quantitative estimate of drug-likeness (QED) is 0.809. The molecule has 5 heteroatoms. The van der Waals surface area contributed by atoms with E-state index in [1.165, 1.54) is 18.3 Å². The van der Waals surface area contributed by atoms with Gasteiger partial charge >= 0.3 is 0 Å². The summed E-state index contributed by atoms with van der Waals surface area (Å²) in [5.41, 5.74) is 6.09. The molecule has 4 nitrogen and oxygen atoms in total. The van der Waals surface area contributed by atoms with Crippen molar-refractivity contribution in [3.63, 3.8) is 0 Å². The zero-order chi connectivity index (χ0) is 13.1. The Morgan fingerprint density at radius 2 is 2.44 bits per heavy atom. The van der Waals surface area contributed by atoms with E-state index in [0.29, 0.717) is 24.6 Å². The molecule has 0 aromatic carbocycles. The van der Waals surface area contributed by atoms with E-state index < -0.39 is 5.95 Å². The number of nitrogens with two attached hydrogens (primary N) is 1. The monoisotopic (exact) mass is 251 g/mol. The van der Waals surface area contributed by atoms with Crippen molar-refractivity contribution in [2.45, 2.75) is 25.8 Å². The molecule has 0 spiro atoms. The fourth-order valence-electron chi connectivity index (χ4n) is 2.56. The Kier molecular flexibility index (Phi) is 3.91. The molecule has 0 radical (unpaired) electrons. The molecule has 1 amide bonds. The van der Waals surface area contributed by atoms with E-state index in [4.69, 9.17) is 5.73 Å². The number of halogens is 1. The summed E-state index contributed by atoms with van der Waals surface area (Å²) in [6.07, 6.45) is 3.36. The molecule has 2 heterocycles. The summed E-state index contributed by atoms with van der Waals surface area (Å²) in [5, 5.41) is 0. The highest BCUT2D eigenvalue weighted by atomic mass is 19.1. The first-order valence-corrected chi connectivity index (χ1v) is 6.26. The fraction of sp³-hybridized carbons (Fsp3) is 0.538. The number of rotatable bonds is 2. The van der Waals surface area contributed by atoms with Crippen LogP contribution in [0.5, 0.6) is 0 Å². The van der Waals surface area contributed by atoms with Crippen LogP contribution in [-0.2, 0) is 0 Å². The molecule has 1 aromatic rings. The number of carbonyl (C=O) groups excluding carboxylic acids is 1. The summed E-state index contributed by atoms with van der Waals surface area (Å²) >= 11 is 0. The van der Waals surface area contributed by atoms with Gasteiger partial charge in [0.25, 0.3) is 5.91 Å². The molecule has 1 fully saturated rings. The van der Waals surface area contributed by atoms with Crippen molar-refractivity contribution in [3.05, 3.63) is 29.8 Å². The Morgan fingerprint density at radius 3 is 3.11 bits per heavy atom. The maximum atomic E-state index is 13.0. The second kappa shape index (κ2) is 5.44. The van der Waals surface area contributed by atoms with Crippen LogP contribution in [-0.4, -0.2) is 34.9 Å². The third kappa shape index (κ3) is 2.51. The molecule has 0 saturated carbocycles. The van der Waals surface area contributed by atoms with E-state index in [1.54, 1.807) is 4.90 Å². The van der Waals surface area contributed by atoms with Crippen LogP contribution in [0.25, 0.3) is 0 Å². The number of hydrogen-bond donors (Lipinski definition) is 1. The maximum absolute atomic E-state index is 13.0. The molecule has 1 aliphatic heterocycles. The van der Waals surface area contributed by atoms with Crippen molar-refractivity contribution in [3.8, 4) is 0 Å². The van der Waals surface area contributed by atoms with E-state index in [0.717, 1.165) is 12.8 Å². The van der Waals surface area contributed by atoms with Crippen molar-refractivity contribution in [2.24, 2.45) is 11.7 Å². The topological polar surface area (TPSA) is 59.2 Å². The average molecular weight is 251 g/mol. The number of hydrogen-bond acceptors (Lipinski definition) is 3. The molecule has 18 heavy (non-hydrogen) atoms. The van der Waals surface area contributed by atoms with Crippen LogP contribution in [0.4, 0.5) is 4.39 Å². The van der Waals surface area contributed by atoms with Crippen LogP contribution < -0.4 is 5.73 Å². The molecule has 98 valence electrons. The third-order valence-corrected chi connectivity index (χ3v) is 3.59. The van der Waals surface area contributed by atoms with Gasteiger partial charge in [-0.3, -0.25) is 4.79 Å². The third-order valence-electron chi connectivity index (χ3n) is 3.59. The largest absolute Gasteiger partial charge is 0.334 e. The number of carbonyl (C=O) groups is 1. The van der Waals surface area contributed by atoms with Crippen LogP contribution in [0.1, 0.15) is 30.1 Å². The maximum Gasteiger partial charge on any atom is 0.254 e. The van der Waals surface area contributed by atoms with E-state index in [-0.39, 0.29) is 11.9 Å². The number of pyridine rings is 1. The van der Waals surface area contributed by atoms with Crippen molar-refractivity contribution in [2.75, 3.05) is 13.1 Å². The standard InChI is InChI=1S/C13H18FN3O/c1-9-3-2-6-17(11(9)8-15)13(18)10-4-5-16-12(14)7-10/h4-5,7,9,11H,2-3,6,8,15H2,1H3/t9-,11+/m1/s1. The molecule has 2 atom stereocenters. The van der Waals surface area contributed by atoms with Gasteiger partial charge in [-0.25, -0.2) is 4.98 Å². The minimum atomic E-state index is -0.629. The van der Waals surface area contributed by atoms with Crippen LogP contribution >= 0.6 is 0 Å². The molecular formula is C13H18FN3O. The Morgan fingerprint density at radius 1 is 1.67 bits per heavy atom. The minimum absolute atomic E-state index is 0.0440. The van der Waals surface area contributed by atoms with Crippen molar-refractivity contribution in [1.82, 2.24) is 9.88 Å². The molecule has 0 aliphatic carbocycles. The predicted octanol–water partition coefficient (Wildman–Crippen LogP) is 1.42. The zero-order valence-electron chi connectivity index (χ0n) is 10.5. The van der Waals surface area contributed by atoms with Crippen LogP contribution in [0.15, 0.2) is 18.3 Å². The normalized spacial score (nSPS) is 24.1. The van der Waals surface area contributed by atoms with Crippen LogP contribution in [0.3, 0.4) is 0 Å². The molecule has 2 N–H and O–H groups in total. The van der Waals surface area contributed by atoms with Crippen molar-refractivity contribution >= 4 is 5.91 Å². The van der Waals surface area contributed by atoms with Gasteiger partial charge in [-0.15, -0.1) is 0 Å². The van der Waals surface area contributed by atoms with E-state index in [2.05, 4.69) is 11.9 Å². The number of aromatic nitrogens is 1. The highest BCUT2D eigenvalue weighted by Gasteiger charge is 2.31. The van der Waals surface area contributed by atoms with Gasteiger partial charge in [0, 0.05) is 37.0 Å². The highest BCUT2D eigenvalue weighted by Crippen LogP contribution is 2.24. The molecule has 2 rings (SSSR count). The average Bonchev–Trinajstić information content (AvgIpc) is 2.37. The van der Waals surface area contributed by atoms with Crippen LogP contribution in [0, 0.1) is 11.9 Å². The number of amides is 1. The van der Waals surface area contributed by atoms with Crippen molar-refractivity contribution in [1.29, 1.82) is 0 Å². The lowest BCUT2D eigenvalue weighted by Crippen LogP contribution is -2.51. The summed E-state index contributed by atoms with van der Waals surface area (Å²) in [6, 6.07) is 2.76. The molecule has 0 unspecified atom stereocenters. The van der Waals surface area contributed by atoms with E-state index in [9.17, 15) is 9.18 Å². The van der Waals surface area contributed by atoms with Gasteiger partial charge in [0.1, 0.15) is 0 Å². The first kappa shape index (κ1) is 13.0. The second-order valence-corrected chi connectivity index (χ2v) is 4.79. The Balaban J connectivity index is 2.21. The summed E-state index contributed by atoms with van der Waals surface area (Å²) in [4.78, 5) is 17.6. The van der Waals surface area contributed by atoms with Gasteiger partial charge in [0.15, 0.2) is 0 Å². The molecule has 1 saturated heterocycles. The summed E-state index contributed by atoms with van der Waals surface area (Å²) in [6.45, 7) is 3.24. The smallest absolute Gasteiger partial charge is 0.254 e. The van der Waals surface area contributed by atoms with Gasteiger partial charge in [0.2, 0.25) is 5.95 Å². The lowest BCUT2D eigenvalue weighted by Gasteiger charge is -2.39. The van der Waals surface area contributed by atoms with Gasteiger partial charge in [0.05, 0.1) is 0 Å². The SMILES string of the molecule is C[C@@H]1CCCN(C(=O)c2ccnc(F)c2)[C@H]1CN. The fourth-order valence-corrected chi connectivity index (χ4v) is 2.56. The van der Waals surface area contributed by atoms with Gasteiger partial charge < -0.3 is 10.6 Å². The summed E-state index contributed by atoms with van der Waals surface area (Å²) < 4.78 is 13.0. The number of likely N-dealkylation sites (tertiary alicyclic amines) is 1. The Hall–Kier alpha value is -1.49. The molecule has 1 aromatic heterocycles. The van der Waals surface area contributed by atoms with E-state index >= 15 is 0 Å². The molecule has 0 bridgehead atoms. The van der Waals surface area contributed by atoms with Gasteiger partial charge in [-0.2, -0.15) is 4.39 Å².